The summed E-state index contributed by atoms with van der Waals surface area (Å²) in [6.45, 7) is 6.13. The quantitative estimate of drug-likeness (QED) is 0.257. The molecule has 36 heavy (non-hydrogen) atoms. The fourth-order valence-electron chi connectivity index (χ4n) is 3.89. The van der Waals surface area contributed by atoms with Crippen molar-refractivity contribution in [2.24, 2.45) is 0 Å². The number of nitrogens with one attached hydrogen (secondary N) is 1. The van der Waals surface area contributed by atoms with Crippen LogP contribution in [-0.2, 0) is 6.54 Å². The van der Waals surface area contributed by atoms with E-state index < -0.39 is 49.9 Å². The first-order valence-electron chi connectivity index (χ1n) is 11.0. The molecule has 0 aromatic heterocycles. The van der Waals surface area contributed by atoms with Gasteiger partial charge in [0.05, 0.1) is 31.4 Å². The second kappa shape index (κ2) is 8.79. The summed E-state index contributed by atoms with van der Waals surface area (Å²) in [5.41, 5.74) is -0.511. The van der Waals surface area contributed by atoms with Crippen molar-refractivity contribution in [3.63, 3.8) is 0 Å². The topological polar surface area (TPSA) is 71.8 Å². The Kier molecular flexibility index (Phi) is 6.71. The predicted molar refractivity (Wildman–Crippen MR) is 124 cm³/mol. The van der Waals surface area contributed by atoms with Gasteiger partial charge in [-0.25, -0.2) is 4.39 Å². The van der Waals surface area contributed by atoms with Gasteiger partial charge < -0.3 is 19.1 Å². The molecular formula is C23H26F6N2O4S. The maximum atomic E-state index is 15.3. The first-order valence-corrected chi connectivity index (χ1v) is 13.0. The van der Waals surface area contributed by atoms with Gasteiger partial charge >= 0.3 is 10.2 Å². The van der Waals surface area contributed by atoms with Crippen LogP contribution in [0.1, 0.15) is 49.2 Å². The van der Waals surface area contributed by atoms with E-state index >= 15 is 4.39 Å². The zero-order valence-corrected chi connectivity index (χ0v) is 20.8. The van der Waals surface area contributed by atoms with Crippen LogP contribution >= 0.6 is 10.2 Å². The number of amidine groups is 1. The number of rotatable bonds is 10. The van der Waals surface area contributed by atoms with Gasteiger partial charge in [0.2, 0.25) is 0 Å². The standard InChI is InChI=1S/C23H26F6N2O4S/c1-5-33-16-8-14(9-17(11-16)36(25,26,27,28)29)21(32)13(4)31-12-15-10-18(34-6-2)22(35-7-3)20(24)19(15)23(31)30/h8-11,13,30H,5-7,12H2,1-4H3. The Morgan fingerprint density at radius 1 is 1.00 bits per heavy atom. The summed E-state index contributed by atoms with van der Waals surface area (Å²) < 4.78 is 98.7. The lowest BCUT2D eigenvalue weighted by Gasteiger charge is -2.40. The van der Waals surface area contributed by atoms with Gasteiger partial charge in [0.15, 0.2) is 23.1 Å². The number of carbonyl (C=O) groups excluding carboxylic acids is 1. The van der Waals surface area contributed by atoms with Crippen LogP contribution in [0.5, 0.6) is 17.2 Å². The van der Waals surface area contributed by atoms with Gasteiger partial charge in [-0.2, -0.15) is 0 Å². The summed E-state index contributed by atoms with van der Waals surface area (Å²) in [4.78, 5) is 12.1. The summed E-state index contributed by atoms with van der Waals surface area (Å²) in [6, 6.07) is 1.35. The number of Topliss-reactive ketones (excluding diaryl/α,β-unsaturated/α-hetero) is 1. The Morgan fingerprint density at radius 2 is 1.61 bits per heavy atom. The number of hydrogen-bond donors (Lipinski definition) is 1. The van der Waals surface area contributed by atoms with Gasteiger partial charge in [0.1, 0.15) is 16.5 Å². The van der Waals surface area contributed by atoms with E-state index in [4.69, 9.17) is 19.6 Å². The highest BCUT2D eigenvalue weighted by Gasteiger charge is 2.65. The molecule has 2 aromatic rings. The third-order valence-corrected chi connectivity index (χ3v) is 6.62. The summed E-state index contributed by atoms with van der Waals surface area (Å²) in [5, 5.41) is 8.45. The SMILES string of the molecule is CCOc1cc(C(=O)C(C)N2Cc3cc(OCC)c(OCC)c(F)c3C2=N)cc(S(F)(F)(F)(F)F)c1. The number of ether oxygens (including phenoxy) is 3. The molecule has 0 radical (unpaired) electrons. The Hall–Kier alpha value is -3.09. The summed E-state index contributed by atoms with van der Waals surface area (Å²) in [6.07, 6.45) is 0. The van der Waals surface area contributed by atoms with Crippen molar-refractivity contribution in [1.82, 2.24) is 4.90 Å². The molecule has 0 amide bonds. The lowest BCUT2D eigenvalue weighted by molar-refractivity contribution is 0.0899. The van der Waals surface area contributed by atoms with E-state index in [1.54, 1.807) is 13.8 Å². The van der Waals surface area contributed by atoms with Crippen molar-refractivity contribution in [3.05, 3.63) is 46.8 Å². The molecule has 1 aliphatic heterocycles. The third kappa shape index (κ3) is 5.35. The smallest absolute Gasteiger partial charge is 0.310 e. The van der Waals surface area contributed by atoms with E-state index in [0.717, 1.165) is 11.0 Å². The van der Waals surface area contributed by atoms with E-state index in [9.17, 15) is 24.2 Å². The average molecular weight is 541 g/mol. The van der Waals surface area contributed by atoms with Gasteiger partial charge in [-0.05, 0) is 51.5 Å². The molecule has 0 aliphatic carbocycles. The van der Waals surface area contributed by atoms with Crippen LogP contribution in [0.4, 0.5) is 23.8 Å². The molecule has 0 bridgehead atoms. The molecule has 1 heterocycles. The number of ketones is 1. The molecule has 0 fully saturated rings. The van der Waals surface area contributed by atoms with Crippen LogP contribution < -0.4 is 14.2 Å². The Bertz CT molecular complexity index is 1220. The zero-order valence-electron chi connectivity index (χ0n) is 20.0. The van der Waals surface area contributed by atoms with E-state index in [1.807, 2.05) is 0 Å². The van der Waals surface area contributed by atoms with E-state index in [-0.39, 0.29) is 55.6 Å². The predicted octanol–water partition coefficient (Wildman–Crippen LogP) is 7.09. The van der Waals surface area contributed by atoms with Gasteiger partial charge in [0.25, 0.3) is 0 Å². The van der Waals surface area contributed by atoms with Crippen LogP contribution in [0.2, 0.25) is 0 Å². The third-order valence-electron chi connectivity index (χ3n) is 5.49. The molecule has 1 atom stereocenters. The largest absolute Gasteiger partial charge is 0.494 e. The second-order valence-electron chi connectivity index (χ2n) is 8.03. The van der Waals surface area contributed by atoms with Crippen molar-refractivity contribution in [2.75, 3.05) is 19.8 Å². The number of carbonyl (C=O) groups is 1. The minimum absolute atomic E-state index is 0.0801. The maximum Gasteiger partial charge on any atom is 0.310 e. The van der Waals surface area contributed by atoms with Crippen molar-refractivity contribution in [3.8, 4) is 17.2 Å². The molecule has 3 rings (SSSR count). The lowest BCUT2D eigenvalue weighted by atomic mass is 10.0. The molecule has 0 spiro atoms. The fourth-order valence-corrected chi connectivity index (χ4v) is 4.58. The summed E-state index contributed by atoms with van der Waals surface area (Å²) in [5.74, 6) is -2.89. The van der Waals surface area contributed by atoms with E-state index in [1.165, 1.54) is 19.9 Å². The van der Waals surface area contributed by atoms with Crippen LogP contribution in [-0.4, -0.2) is 42.4 Å². The maximum absolute atomic E-state index is 15.3. The first kappa shape index (κ1) is 27.5. The van der Waals surface area contributed by atoms with Crippen molar-refractivity contribution < 1.29 is 42.8 Å². The monoisotopic (exact) mass is 540 g/mol. The second-order valence-corrected chi connectivity index (χ2v) is 10.4. The van der Waals surface area contributed by atoms with Gasteiger partial charge in [-0.15, -0.1) is 0 Å². The highest BCUT2D eigenvalue weighted by atomic mass is 32.5. The highest BCUT2D eigenvalue weighted by molar-refractivity contribution is 8.45. The number of halogens is 6. The average Bonchev–Trinajstić information content (AvgIpc) is 3.10. The van der Waals surface area contributed by atoms with Crippen LogP contribution in [0.3, 0.4) is 0 Å². The summed E-state index contributed by atoms with van der Waals surface area (Å²) in [7, 11) is -10.1. The van der Waals surface area contributed by atoms with Crippen LogP contribution in [0.15, 0.2) is 29.2 Å². The minimum Gasteiger partial charge on any atom is -0.494 e. The lowest BCUT2D eigenvalue weighted by Crippen LogP contribution is -2.39. The molecule has 6 nitrogen and oxygen atoms in total. The fraction of sp³-hybridized carbons (Fsp3) is 0.391. The summed E-state index contributed by atoms with van der Waals surface area (Å²) >= 11 is 0. The highest BCUT2D eigenvalue weighted by Crippen LogP contribution is 3.02. The van der Waals surface area contributed by atoms with E-state index in [0.29, 0.717) is 5.56 Å². The minimum atomic E-state index is -10.1. The molecular weight excluding hydrogens is 514 g/mol. The molecule has 13 heteroatoms. The molecule has 2 aromatic carbocycles. The van der Waals surface area contributed by atoms with Crippen LogP contribution in [0, 0.1) is 11.2 Å². The van der Waals surface area contributed by atoms with Crippen LogP contribution in [0.25, 0.3) is 0 Å². The molecule has 1 aliphatic rings. The Morgan fingerprint density at radius 3 is 2.17 bits per heavy atom. The number of benzene rings is 2. The molecule has 200 valence electrons. The number of fused-ring (bicyclic) bond motifs is 1. The van der Waals surface area contributed by atoms with Gasteiger partial charge in [-0.1, -0.05) is 19.4 Å². The van der Waals surface area contributed by atoms with Crippen molar-refractivity contribution in [2.45, 2.75) is 45.2 Å². The van der Waals surface area contributed by atoms with Crippen molar-refractivity contribution in [1.29, 1.82) is 5.41 Å². The van der Waals surface area contributed by atoms with E-state index in [2.05, 4.69) is 0 Å². The molecule has 0 saturated carbocycles. The van der Waals surface area contributed by atoms with Gasteiger partial charge in [0, 0.05) is 18.2 Å². The Labute approximate surface area is 204 Å². The first-order chi connectivity index (χ1) is 16.5. The Balaban J connectivity index is 2.02. The number of hydrogen-bond acceptors (Lipinski definition) is 5. The normalized spacial score (nSPS) is 16.2. The molecule has 1 N–H and O–H groups in total. The van der Waals surface area contributed by atoms with Crippen molar-refractivity contribution >= 4 is 21.8 Å². The molecule has 0 saturated heterocycles. The molecule has 1 unspecified atom stereocenters. The zero-order chi connectivity index (χ0) is 27.1. The van der Waals surface area contributed by atoms with Gasteiger partial charge in [-0.3, -0.25) is 10.2 Å². The number of nitrogens with zero attached hydrogens (tertiary/aromatic N) is 1.